The van der Waals surface area contributed by atoms with E-state index >= 15 is 0 Å². The predicted molar refractivity (Wildman–Crippen MR) is 103 cm³/mol. The van der Waals surface area contributed by atoms with Crippen molar-refractivity contribution in [2.45, 2.75) is 11.4 Å². The highest BCUT2D eigenvalue weighted by Crippen LogP contribution is 2.24. The number of anilines is 1. The lowest BCUT2D eigenvalue weighted by Crippen LogP contribution is -2.40. The molecule has 1 aliphatic heterocycles. The van der Waals surface area contributed by atoms with Gasteiger partial charge in [-0.3, -0.25) is 0 Å². The molecule has 0 radical (unpaired) electrons. The molecule has 29 heavy (non-hydrogen) atoms. The van der Waals surface area contributed by atoms with Crippen LogP contribution in [0.15, 0.2) is 57.8 Å². The third-order valence-electron chi connectivity index (χ3n) is 4.45. The zero-order valence-electron chi connectivity index (χ0n) is 15.4. The van der Waals surface area contributed by atoms with Gasteiger partial charge in [-0.2, -0.15) is 4.31 Å². The van der Waals surface area contributed by atoms with Gasteiger partial charge in [0.05, 0.1) is 19.8 Å². The molecule has 1 saturated heterocycles. The number of benzene rings is 2. The predicted octanol–water partition coefficient (Wildman–Crippen LogP) is 2.51. The van der Waals surface area contributed by atoms with E-state index in [0.29, 0.717) is 30.7 Å². The van der Waals surface area contributed by atoms with E-state index in [2.05, 4.69) is 15.5 Å². The maximum Gasteiger partial charge on any atom is 0.247 e. The molecule has 8 nitrogen and oxygen atoms in total. The van der Waals surface area contributed by atoms with Gasteiger partial charge in [0.2, 0.25) is 21.8 Å². The number of ether oxygens (including phenoxy) is 1. The number of morpholine rings is 1. The first-order valence-corrected chi connectivity index (χ1v) is 10.5. The summed E-state index contributed by atoms with van der Waals surface area (Å²) in [4.78, 5) is -0.375. The smallest absolute Gasteiger partial charge is 0.247 e. The molecule has 2 aromatic carbocycles. The van der Waals surface area contributed by atoms with Gasteiger partial charge in [-0.05, 0) is 30.3 Å². The van der Waals surface area contributed by atoms with Crippen LogP contribution in [0.1, 0.15) is 5.89 Å². The molecule has 0 atom stereocenters. The van der Waals surface area contributed by atoms with Crippen LogP contribution in [-0.2, 0) is 21.3 Å². The van der Waals surface area contributed by atoms with Crippen molar-refractivity contribution in [1.29, 1.82) is 0 Å². The summed E-state index contributed by atoms with van der Waals surface area (Å²) in [6, 6.07) is 13.2. The lowest BCUT2D eigenvalue weighted by atomic mass is 10.2. The average molecular weight is 418 g/mol. The van der Waals surface area contributed by atoms with Crippen molar-refractivity contribution in [3.05, 3.63) is 60.2 Å². The van der Waals surface area contributed by atoms with Gasteiger partial charge in [-0.25, -0.2) is 12.8 Å². The first kappa shape index (κ1) is 19.5. The second-order valence-electron chi connectivity index (χ2n) is 6.38. The van der Waals surface area contributed by atoms with Crippen LogP contribution in [0.25, 0.3) is 11.5 Å². The number of hydrogen-bond donors (Lipinski definition) is 1. The fraction of sp³-hybridized carbons (Fsp3) is 0.263. The average Bonchev–Trinajstić information content (AvgIpc) is 3.23. The lowest BCUT2D eigenvalue weighted by Gasteiger charge is -2.26. The lowest BCUT2D eigenvalue weighted by molar-refractivity contribution is 0.0729. The summed E-state index contributed by atoms with van der Waals surface area (Å²) in [5, 5.41) is 11.0. The number of hydrogen-bond acceptors (Lipinski definition) is 7. The monoisotopic (exact) mass is 418 g/mol. The summed E-state index contributed by atoms with van der Waals surface area (Å²) in [5.74, 6) is -0.0888. The van der Waals surface area contributed by atoms with Gasteiger partial charge in [0.25, 0.3) is 0 Å². The van der Waals surface area contributed by atoms with E-state index in [1.165, 1.54) is 16.4 Å². The highest BCUT2D eigenvalue weighted by atomic mass is 32.2. The van der Waals surface area contributed by atoms with E-state index in [4.69, 9.17) is 9.15 Å². The van der Waals surface area contributed by atoms with Crippen LogP contribution < -0.4 is 5.32 Å². The maximum absolute atomic E-state index is 14.3. The molecule has 10 heteroatoms. The molecular weight excluding hydrogens is 399 g/mol. The van der Waals surface area contributed by atoms with Crippen LogP contribution in [0.4, 0.5) is 10.1 Å². The van der Waals surface area contributed by atoms with Gasteiger partial charge >= 0.3 is 0 Å². The van der Waals surface area contributed by atoms with Gasteiger partial charge in [0, 0.05) is 24.3 Å². The highest BCUT2D eigenvalue weighted by molar-refractivity contribution is 7.89. The van der Waals surface area contributed by atoms with Crippen molar-refractivity contribution < 1.29 is 22.0 Å². The highest BCUT2D eigenvalue weighted by Gasteiger charge is 2.29. The Morgan fingerprint density at radius 3 is 2.59 bits per heavy atom. The molecule has 0 amide bonds. The van der Waals surface area contributed by atoms with E-state index in [1.54, 1.807) is 0 Å². The Bertz CT molecular complexity index is 1080. The van der Waals surface area contributed by atoms with Gasteiger partial charge in [-0.1, -0.05) is 18.2 Å². The fourth-order valence-electron chi connectivity index (χ4n) is 2.94. The van der Waals surface area contributed by atoms with E-state index in [1.807, 2.05) is 30.3 Å². The molecule has 0 aliphatic carbocycles. The first-order valence-electron chi connectivity index (χ1n) is 9.03. The summed E-state index contributed by atoms with van der Waals surface area (Å²) >= 11 is 0. The van der Waals surface area contributed by atoms with E-state index in [-0.39, 0.29) is 24.5 Å². The van der Waals surface area contributed by atoms with Crippen molar-refractivity contribution in [2.24, 2.45) is 0 Å². The number of sulfonamides is 1. The zero-order valence-corrected chi connectivity index (χ0v) is 16.2. The minimum atomic E-state index is -3.94. The first-order chi connectivity index (χ1) is 14.0. The molecule has 152 valence electrons. The minimum absolute atomic E-state index is 0.169. The minimum Gasteiger partial charge on any atom is -0.419 e. The summed E-state index contributed by atoms with van der Waals surface area (Å²) in [5.41, 5.74) is 1.23. The van der Waals surface area contributed by atoms with Crippen LogP contribution in [0.5, 0.6) is 0 Å². The van der Waals surface area contributed by atoms with Crippen LogP contribution in [0.3, 0.4) is 0 Å². The Labute approximate surface area is 167 Å². The second kappa shape index (κ2) is 8.27. The molecule has 0 unspecified atom stereocenters. The van der Waals surface area contributed by atoms with E-state index in [9.17, 15) is 12.8 Å². The Hall–Kier alpha value is -2.82. The van der Waals surface area contributed by atoms with Crippen molar-refractivity contribution in [3.8, 4) is 11.5 Å². The zero-order chi connectivity index (χ0) is 20.3. The van der Waals surface area contributed by atoms with Crippen molar-refractivity contribution in [2.75, 3.05) is 31.6 Å². The van der Waals surface area contributed by atoms with Gasteiger partial charge in [0.1, 0.15) is 10.7 Å². The molecule has 1 N–H and O–H groups in total. The summed E-state index contributed by atoms with van der Waals surface area (Å²) in [6.45, 7) is 1.15. The summed E-state index contributed by atoms with van der Waals surface area (Å²) in [6.07, 6.45) is 0. The molecule has 0 bridgehead atoms. The SMILES string of the molecule is O=S(=O)(c1cc(NCc2nnc(-c3ccccc3)o2)ccc1F)N1CCOCC1. The number of aromatic nitrogens is 2. The van der Waals surface area contributed by atoms with Crippen molar-refractivity contribution in [1.82, 2.24) is 14.5 Å². The number of nitrogens with one attached hydrogen (secondary N) is 1. The number of nitrogens with zero attached hydrogens (tertiary/aromatic N) is 3. The normalized spacial score (nSPS) is 15.3. The Balaban J connectivity index is 1.49. The van der Waals surface area contributed by atoms with Crippen LogP contribution in [0.2, 0.25) is 0 Å². The second-order valence-corrected chi connectivity index (χ2v) is 8.29. The van der Waals surface area contributed by atoms with Crippen LogP contribution >= 0.6 is 0 Å². The fourth-order valence-corrected chi connectivity index (χ4v) is 4.44. The van der Waals surface area contributed by atoms with Crippen molar-refractivity contribution in [3.63, 3.8) is 0 Å². The molecular formula is C19H19FN4O4S. The molecule has 3 aromatic rings. The molecule has 0 saturated carbocycles. The topological polar surface area (TPSA) is 97.6 Å². The Kier molecular flexibility index (Phi) is 5.56. The largest absolute Gasteiger partial charge is 0.419 e. The van der Waals surface area contributed by atoms with Crippen molar-refractivity contribution >= 4 is 15.7 Å². The van der Waals surface area contributed by atoms with Gasteiger partial charge in [-0.15, -0.1) is 10.2 Å². The third-order valence-corrected chi connectivity index (χ3v) is 6.36. The quantitative estimate of drug-likeness (QED) is 0.657. The molecule has 1 aliphatic rings. The number of halogens is 1. The summed E-state index contributed by atoms with van der Waals surface area (Å²) in [7, 11) is -3.94. The maximum atomic E-state index is 14.3. The van der Waals surface area contributed by atoms with Gasteiger partial charge in [0.15, 0.2) is 0 Å². The number of rotatable bonds is 6. The molecule has 0 spiro atoms. The molecule has 1 aromatic heterocycles. The van der Waals surface area contributed by atoms with Gasteiger partial charge < -0.3 is 14.5 Å². The standard InChI is InChI=1S/C19H19FN4O4S/c20-16-7-6-15(12-17(16)29(25,26)24-8-10-27-11-9-24)21-13-18-22-23-19(28-18)14-4-2-1-3-5-14/h1-7,12,21H,8-11,13H2. The third kappa shape index (κ3) is 4.29. The molecule has 4 rings (SSSR count). The Morgan fingerprint density at radius 1 is 1.07 bits per heavy atom. The molecule has 1 fully saturated rings. The van der Waals surface area contributed by atoms with Crippen LogP contribution in [0, 0.1) is 5.82 Å². The molecule has 2 heterocycles. The van der Waals surface area contributed by atoms with E-state index in [0.717, 1.165) is 11.6 Å². The van der Waals surface area contributed by atoms with E-state index < -0.39 is 15.8 Å². The van der Waals surface area contributed by atoms with Crippen LogP contribution in [-0.4, -0.2) is 49.2 Å². The summed E-state index contributed by atoms with van der Waals surface area (Å²) < 4.78 is 51.8. The Morgan fingerprint density at radius 2 is 1.83 bits per heavy atom.